The van der Waals surface area contributed by atoms with Crippen molar-refractivity contribution in [1.29, 1.82) is 0 Å². The van der Waals surface area contributed by atoms with Crippen LogP contribution >= 0.6 is 0 Å². The van der Waals surface area contributed by atoms with Crippen LogP contribution in [0.3, 0.4) is 0 Å². The zero-order valence-electron chi connectivity index (χ0n) is 5.66. The van der Waals surface area contributed by atoms with Gasteiger partial charge in [-0.1, -0.05) is 12.7 Å². The van der Waals surface area contributed by atoms with Gasteiger partial charge in [0.05, 0.1) is 0 Å². The molecule has 0 saturated carbocycles. The van der Waals surface area contributed by atoms with E-state index in [1.807, 2.05) is 0 Å². The highest BCUT2D eigenvalue weighted by Gasteiger charge is 2.21. The Morgan fingerprint density at radius 1 is 1.60 bits per heavy atom. The summed E-state index contributed by atoms with van der Waals surface area (Å²) in [6.07, 6.45) is 6.42. The molecule has 0 aliphatic carbocycles. The first-order valence-electron chi connectivity index (χ1n) is 3.04. The molecule has 0 spiro atoms. The van der Waals surface area contributed by atoms with E-state index in [-0.39, 0.29) is 11.8 Å². The normalized spacial score (nSPS) is 23.4. The number of ketones is 1. The summed E-state index contributed by atoms with van der Waals surface area (Å²) in [4.78, 5) is 12.6. The molecule has 1 atom stereocenters. The van der Waals surface area contributed by atoms with Gasteiger partial charge < -0.3 is 4.90 Å². The van der Waals surface area contributed by atoms with Crippen molar-refractivity contribution in [1.82, 2.24) is 4.90 Å². The van der Waals surface area contributed by atoms with E-state index in [2.05, 4.69) is 13.2 Å². The fraction of sp³-hybridized carbons (Fsp3) is 0.125. The van der Waals surface area contributed by atoms with Crippen LogP contribution in [0.1, 0.15) is 0 Å². The van der Waals surface area contributed by atoms with Crippen LogP contribution in [-0.2, 0) is 4.79 Å². The van der Waals surface area contributed by atoms with Gasteiger partial charge in [-0.3, -0.25) is 4.79 Å². The SMILES string of the molecule is C=CC1C(=O)C=CN1C=C. The summed E-state index contributed by atoms with van der Waals surface area (Å²) >= 11 is 0. The van der Waals surface area contributed by atoms with Crippen molar-refractivity contribution in [2.75, 3.05) is 0 Å². The number of carbonyl (C=O) groups excluding carboxylic acids is 1. The molecule has 0 saturated heterocycles. The molecule has 52 valence electrons. The second-order valence-corrected chi connectivity index (χ2v) is 2.03. The molecule has 0 amide bonds. The van der Waals surface area contributed by atoms with Gasteiger partial charge in [0.15, 0.2) is 5.78 Å². The molecular weight excluding hydrogens is 126 g/mol. The van der Waals surface area contributed by atoms with Gasteiger partial charge in [0.1, 0.15) is 6.04 Å². The van der Waals surface area contributed by atoms with Gasteiger partial charge in [-0.25, -0.2) is 0 Å². The van der Waals surface area contributed by atoms with Gasteiger partial charge in [0.25, 0.3) is 0 Å². The van der Waals surface area contributed by atoms with Crippen molar-refractivity contribution in [2.24, 2.45) is 0 Å². The standard InChI is InChI=1S/C8H9NO/c1-3-7-8(10)5-6-9(7)4-2/h3-7H,1-2H2. The molecule has 0 aromatic heterocycles. The van der Waals surface area contributed by atoms with Crippen LogP contribution in [0, 0.1) is 0 Å². The Labute approximate surface area is 60.1 Å². The Balaban J connectivity index is 2.80. The zero-order valence-corrected chi connectivity index (χ0v) is 5.66. The lowest BCUT2D eigenvalue weighted by atomic mass is 10.2. The second kappa shape index (κ2) is 2.52. The van der Waals surface area contributed by atoms with Crippen molar-refractivity contribution in [2.45, 2.75) is 6.04 Å². The molecule has 0 N–H and O–H groups in total. The average molecular weight is 135 g/mol. The summed E-state index contributed by atoms with van der Waals surface area (Å²) < 4.78 is 0. The summed E-state index contributed by atoms with van der Waals surface area (Å²) in [5.41, 5.74) is 0. The minimum absolute atomic E-state index is 0.0647. The van der Waals surface area contributed by atoms with Crippen molar-refractivity contribution in [3.63, 3.8) is 0 Å². The van der Waals surface area contributed by atoms with Crippen molar-refractivity contribution in [3.05, 3.63) is 37.7 Å². The van der Waals surface area contributed by atoms with Crippen molar-refractivity contribution in [3.8, 4) is 0 Å². The molecule has 2 nitrogen and oxygen atoms in total. The first-order valence-corrected chi connectivity index (χ1v) is 3.04. The summed E-state index contributed by atoms with van der Waals surface area (Å²) in [6, 6.07) is -0.225. The lowest BCUT2D eigenvalue weighted by Crippen LogP contribution is -2.24. The van der Waals surface area contributed by atoms with E-state index in [0.29, 0.717) is 0 Å². The predicted molar refractivity (Wildman–Crippen MR) is 40.2 cm³/mol. The van der Waals surface area contributed by atoms with Crippen LogP contribution in [0.5, 0.6) is 0 Å². The Morgan fingerprint density at radius 2 is 2.30 bits per heavy atom. The Kier molecular flexibility index (Phi) is 1.71. The van der Waals surface area contributed by atoms with Crippen LogP contribution in [0.2, 0.25) is 0 Å². The smallest absolute Gasteiger partial charge is 0.183 e. The quantitative estimate of drug-likeness (QED) is 0.528. The topological polar surface area (TPSA) is 20.3 Å². The van der Waals surface area contributed by atoms with E-state index in [0.717, 1.165) is 0 Å². The van der Waals surface area contributed by atoms with Crippen LogP contribution in [0.25, 0.3) is 0 Å². The maximum Gasteiger partial charge on any atom is 0.183 e. The fourth-order valence-electron chi connectivity index (χ4n) is 0.910. The second-order valence-electron chi connectivity index (χ2n) is 2.03. The van der Waals surface area contributed by atoms with E-state index in [1.54, 1.807) is 23.4 Å². The molecule has 1 heterocycles. The molecule has 1 rings (SSSR count). The van der Waals surface area contributed by atoms with Gasteiger partial charge in [0, 0.05) is 6.20 Å². The number of hydrogen-bond donors (Lipinski definition) is 0. The zero-order chi connectivity index (χ0) is 7.56. The Morgan fingerprint density at radius 3 is 2.70 bits per heavy atom. The van der Waals surface area contributed by atoms with E-state index < -0.39 is 0 Å². The molecule has 2 heteroatoms. The lowest BCUT2D eigenvalue weighted by molar-refractivity contribution is -0.115. The lowest BCUT2D eigenvalue weighted by Gasteiger charge is -2.15. The third-order valence-electron chi connectivity index (χ3n) is 1.46. The van der Waals surface area contributed by atoms with E-state index >= 15 is 0 Å². The summed E-state index contributed by atoms with van der Waals surface area (Å²) in [5, 5.41) is 0. The third-order valence-corrected chi connectivity index (χ3v) is 1.46. The first-order chi connectivity index (χ1) is 4.79. The summed E-state index contributed by atoms with van der Waals surface area (Å²) in [7, 11) is 0. The summed E-state index contributed by atoms with van der Waals surface area (Å²) in [6.45, 7) is 7.09. The molecule has 1 aliphatic heterocycles. The highest BCUT2D eigenvalue weighted by molar-refractivity contribution is 5.97. The molecule has 0 aromatic carbocycles. The maximum atomic E-state index is 10.9. The number of hydrogen-bond acceptors (Lipinski definition) is 2. The molecule has 10 heavy (non-hydrogen) atoms. The Hall–Kier alpha value is -1.31. The van der Waals surface area contributed by atoms with Gasteiger partial charge >= 0.3 is 0 Å². The van der Waals surface area contributed by atoms with Crippen LogP contribution in [-0.4, -0.2) is 16.7 Å². The van der Waals surface area contributed by atoms with E-state index in [1.165, 1.54) is 6.08 Å². The maximum absolute atomic E-state index is 10.9. The summed E-state index contributed by atoms with van der Waals surface area (Å²) in [5.74, 6) is 0.0647. The predicted octanol–water partition coefficient (Wildman–Crippen LogP) is 1.08. The highest BCUT2D eigenvalue weighted by atomic mass is 16.1. The van der Waals surface area contributed by atoms with Gasteiger partial charge in [-0.2, -0.15) is 0 Å². The fourth-order valence-corrected chi connectivity index (χ4v) is 0.910. The van der Waals surface area contributed by atoms with Crippen LogP contribution in [0.4, 0.5) is 0 Å². The molecule has 0 radical (unpaired) electrons. The molecular formula is C8H9NO. The average Bonchev–Trinajstić information content (AvgIpc) is 2.30. The van der Waals surface area contributed by atoms with Gasteiger partial charge in [-0.05, 0) is 12.3 Å². The third kappa shape index (κ3) is 0.880. The molecule has 0 fully saturated rings. The number of rotatable bonds is 2. The molecule has 1 unspecified atom stereocenters. The number of nitrogens with zero attached hydrogens (tertiary/aromatic N) is 1. The largest absolute Gasteiger partial charge is 0.341 e. The first kappa shape index (κ1) is 6.81. The molecule has 0 aromatic rings. The van der Waals surface area contributed by atoms with Gasteiger partial charge in [-0.15, -0.1) is 6.58 Å². The van der Waals surface area contributed by atoms with E-state index in [4.69, 9.17) is 0 Å². The highest BCUT2D eigenvalue weighted by Crippen LogP contribution is 2.11. The van der Waals surface area contributed by atoms with Crippen molar-refractivity contribution < 1.29 is 4.79 Å². The molecule has 1 aliphatic rings. The minimum Gasteiger partial charge on any atom is -0.341 e. The molecule has 0 bridgehead atoms. The van der Waals surface area contributed by atoms with E-state index in [9.17, 15) is 4.79 Å². The monoisotopic (exact) mass is 135 g/mol. The van der Waals surface area contributed by atoms with Gasteiger partial charge in [0.2, 0.25) is 0 Å². The van der Waals surface area contributed by atoms with Crippen molar-refractivity contribution >= 4 is 5.78 Å². The van der Waals surface area contributed by atoms with Crippen LogP contribution < -0.4 is 0 Å². The number of carbonyl (C=O) groups is 1. The van der Waals surface area contributed by atoms with Crippen LogP contribution in [0.15, 0.2) is 37.7 Å². The minimum atomic E-state index is -0.225. The Bertz CT molecular complexity index is 205.